The number of esters is 2. The topological polar surface area (TPSA) is 551 Å². The highest BCUT2D eigenvalue weighted by Gasteiger charge is 2.72. The van der Waals surface area contributed by atoms with Crippen LogP contribution in [0, 0.1) is 50.2 Å². The monoisotopic (exact) mass is 1540 g/mol. The van der Waals surface area contributed by atoms with Crippen molar-refractivity contribution in [2.45, 2.75) is 329 Å². The van der Waals surface area contributed by atoms with Crippen molar-refractivity contribution in [1.29, 1.82) is 0 Å². The van der Waals surface area contributed by atoms with E-state index >= 15 is 4.79 Å². The summed E-state index contributed by atoms with van der Waals surface area (Å²) in [7, 11) is 0. The molecule has 0 radical (unpaired) electrons. The van der Waals surface area contributed by atoms with Gasteiger partial charge in [-0.15, -0.1) is 0 Å². The summed E-state index contributed by atoms with van der Waals surface area (Å²) in [5, 5.41) is 185. The van der Waals surface area contributed by atoms with Crippen LogP contribution in [-0.4, -0.2) is 340 Å². The molecule has 36 heteroatoms. The normalized spacial score (nSPS) is 53.5. The van der Waals surface area contributed by atoms with Crippen molar-refractivity contribution in [3.05, 3.63) is 11.6 Å². The maximum atomic E-state index is 15.9. The van der Waals surface area contributed by atoms with Crippen LogP contribution < -0.4 is 0 Å². The number of aliphatic hydroxyl groups excluding tert-OH is 16. The summed E-state index contributed by atoms with van der Waals surface area (Å²) in [5.41, 5.74) is -3.55. The van der Waals surface area contributed by atoms with E-state index in [1.54, 1.807) is 6.92 Å². The van der Waals surface area contributed by atoms with Gasteiger partial charge in [0, 0.05) is 6.92 Å². The summed E-state index contributed by atoms with van der Waals surface area (Å²) in [6, 6.07) is 0. The summed E-state index contributed by atoms with van der Waals surface area (Å²) in [6.07, 6.45) is -49.9. The lowest BCUT2D eigenvalue weighted by molar-refractivity contribution is -0.391. The van der Waals surface area contributed by atoms with Crippen molar-refractivity contribution in [3.8, 4) is 0 Å². The minimum Gasteiger partial charge on any atom is -0.479 e. The highest BCUT2D eigenvalue weighted by Crippen LogP contribution is 2.76. The smallest absolute Gasteiger partial charge is 0.335 e. The second kappa shape index (κ2) is 31.5. The van der Waals surface area contributed by atoms with E-state index in [0.29, 0.717) is 57.8 Å². The summed E-state index contributed by atoms with van der Waals surface area (Å²) in [5.74, 6) is -4.24. The van der Waals surface area contributed by atoms with Crippen LogP contribution in [0.3, 0.4) is 0 Å². The molecule has 7 heterocycles. The first-order valence-corrected chi connectivity index (χ1v) is 37.2. The largest absolute Gasteiger partial charge is 0.479 e. The van der Waals surface area contributed by atoms with Crippen molar-refractivity contribution >= 4 is 24.2 Å². The van der Waals surface area contributed by atoms with E-state index in [0.717, 1.165) is 18.8 Å². The van der Waals surface area contributed by atoms with Gasteiger partial charge < -0.3 is 163 Å². The average molecular weight is 1540 g/mol. The fourth-order valence-electron chi connectivity index (χ4n) is 20.2. The van der Waals surface area contributed by atoms with E-state index in [4.69, 9.17) is 71.1 Å². The van der Waals surface area contributed by atoms with Gasteiger partial charge in [-0.2, -0.15) is 0 Å². The van der Waals surface area contributed by atoms with Gasteiger partial charge in [-0.05, 0) is 117 Å². The minimum atomic E-state index is -2.21. The zero-order valence-corrected chi connectivity index (χ0v) is 61.2. The van der Waals surface area contributed by atoms with E-state index in [9.17, 15) is 101 Å². The summed E-state index contributed by atoms with van der Waals surface area (Å²) >= 11 is 0. The number of rotatable bonds is 18. The second-order valence-corrected chi connectivity index (χ2v) is 33.6. The Kier molecular flexibility index (Phi) is 24.4. The van der Waals surface area contributed by atoms with Crippen molar-refractivity contribution in [1.82, 2.24) is 0 Å². The number of carbonyl (C=O) groups is 4. The Morgan fingerprint density at radius 1 is 0.505 bits per heavy atom. The predicted molar refractivity (Wildman–Crippen MR) is 350 cm³/mol. The molecule has 0 bridgehead atoms. The van der Waals surface area contributed by atoms with Gasteiger partial charge in [0.25, 0.3) is 0 Å². The number of aliphatic carboxylic acids is 1. The lowest BCUT2D eigenvalue weighted by Crippen LogP contribution is -2.69. The highest BCUT2D eigenvalue weighted by molar-refractivity contribution is 5.79. The number of ether oxygens (including phenoxy) is 15. The van der Waals surface area contributed by atoms with Gasteiger partial charge in [0.2, 0.25) is 6.29 Å². The number of fused-ring (bicyclic) bond motifs is 7. The fraction of sp³-hybridized carbons (Fsp3) is 0.915. The Morgan fingerprint density at radius 3 is 1.67 bits per heavy atom. The molecule has 0 aromatic carbocycles. The first-order valence-electron chi connectivity index (χ1n) is 37.2. The lowest BCUT2D eigenvalue weighted by Gasteiger charge is -2.71. The summed E-state index contributed by atoms with van der Waals surface area (Å²) in [6.45, 7) is 14.3. The van der Waals surface area contributed by atoms with Crippen LogP contribution in [0.25, 0.3) is 0 Å². The molecule has 17 N–H and O–H groups in total. The van der Waals surface area contributed by atoms with Crippen LogP contribution in [0.4, 0.5) is 0 Å². The number of aliphatic hydroxyl groups is 16. The standard InChI is InChI=1S/C71H110O36/c1-26-38(77)52(98-28(3)74)55(105-61-49(88)44(83)51(27(2)97-61)102-60-47(86)42(81)34(24-95-60)100-58-45(84)39(78)31(75)22-93-58)63(96-26)107-65(92)71-18-16-66(4,5)20-30(71)29-10-11-36-67(6)14-13-37(68(7,25-73)35(67)12-15-70(36,9)69(29,8)17-19-71)101-64-56(106-62-48(87)43(82)41(80)33(21-72)99-62)53(50(89)54(104-64)57(90)91)103-59-46(85)40(79)32(76)23-94-59/h10,25-27,30-56,58-64,72,75-89H,11-24H2,1-9H3,(H,90,91)/t26-,27+,30+,31-,32-,33-,34-,35-,36-,37+,38+,39+,40+,41+,42+,43+,44+,45-,46-,47-,48-,49-,50+,51+,52+,53+,54+,55-,56-,58+,59+,60+,61+,62+,63+,64-,67+,68+,69-,70-,71+/m1/s1. The number of hydrogen-bond donors (Lipinski definition) is 17. The van der Waals surface area contributed by atoms with Gasteiger partial charge in [0.05, 0.1) is 55.6 Å². The van der Waals surface area contributed by atoms with Crippen molar-refractivity contribution in [2.75, 3.05) is 26.4 Å². The van der Waals surface area contributed by atoms with Crippen molar-refractivity contribution < 1.29 is 177 Å². The Balaban J connectivity index is 0.777. The van der Waals surface area contributed by atoms with E-state index in [2.05, 4.69) is 40.7 Å². The molecule has 36 nitrogen and oxygen atoms in total. The molecule has 7 aliphatic heterocycles. The van der Waals surface area contributed by atoms with E-state index in [1.807, 2.05) is 0 Å². The maximum Gasteiger partial charge on any atom is 0.335 e. The molecular weight excluding hydrogens is 1430 g/mol. The van der Waals surface area contributed by atoms with Gasteiger partial charge in [-0.25, -0.2) is 4.79 Å². The number of allylic oxidation sites excluding steroid dienone is 2. The Bertz CT molecular complexity index is 3170. The number of hydrogen-bond acceptors (Lipinski definition) is 35. The zero-order chi connectivity index (χ0) is 78.0. The molecule has 610 valence electrons. The first-order chi connectivity index (χ1) is 50.2. The third-order valence-corrected chi connectivity index (χ3v) is 26.7. The average Bonchev–Trinajstić information content (AvgIpc) is 0.674. The van der Waals surface area contributed by atoms with Crippen LogP contribution >= 0.6 is 0 Å². The second-order valence-electron chi connectivity index (χ2n) is 33.6. The third-order valence-electron chi connectivity index (χ3n) is 26.7. The van der Waals surface area contributed by atoms with Gasteiger partial charge >= 0.3 is 17.9 Å². The third kappa shape index (κ3) is 14.7. The molecule has 0 spiro atoms. The predicted octanol–water partition coefficient (Wildman–Crippen LogP) is -4.75. The molecule has 4 saturated carbocycles. The van der Waals surface area contributed by atoms with Crippen molar-refractivity contribution in [2.24, 2.45) is 50.2 Å². The molecule has 12 rings (SSSR count). The number of aldehydes is 1. The number of carboxylic acids is 1. The van der Waals surface area contributed by atoms with Crippen LogP contribution in [0.5, 0.6) is 0 Å². The fourth-order valence-corrected chi connectivity index (χ4v) is 20.2. The minimum absolute atomic E-state index is 0.117. The number of carbonyl (C=O) groups excluding carboxylic acids is 3. The Hall–Kier alpha value is -3.34. The maximum absolute atomic E-state index is 15.9. The molecule has 7 saturated heterocycles. The summed E-state index contributed by atoms with van der Waals surface area (Å²) in [4.78, 5) is 56.1. The molecule has 5 aliphatic carbocycles. The highest BCUT2D eigenvalue weighted by atomic mass is 16.8. The van der Waals surface area contributed by atoms with Gasteiger partial charge in [-0.1, -0.05) is 53.2 Å². The van der Waals surface area contributed by atoms with Crippen LogP contribution in [0.2, 0.25) is 0 Å². The molecule has 0 unspecified atom stereocenters. The van der Waals surface area contributed by atoms with Gasteiger partial charge in [0.1, 0.15) is 128 Å². The van der Waals surface area contributed by atoms with E-state index in [1.165, 1.54) is 13.8 Å². The number of carboxylic acid groups (broad SMARTS) is 1. The molecule has 0 aromatic rings. The van der Waals surface area contributed by atoms with Gasteiger partial charge in [0.15, 0.2) is 56.1 Å². The van der Waals surface area contributed by atoms with E-state index in [-0.39, 0.29) is 17.8 Å². The zero-order valence-electron chi connectivity index (χ0n) is 61.2. The van der Waals surface area contributed by atoms with E-state index < -0.39 is 286 Å². The van der Waals surface area contributed by atoms with Gasteiger partial charge in [-0.3, -0.25) is 9.59 Å². The molecule has 12 aliphatic rings. The Labute approximate surface area is 616 Å². The van der Waals surface area contributed by atoms with Crippen LogP contribution in [0.15, 0.2) is 11.6 Å². The van der Waals surface area contributed by atoms with Crippen molar-refractivity contribution in [3.63, 3.8) is 0 Å². The molecule has 11 fully saturated rings. The molecular formula is C71H110O36. The quantitative estimate of drug-likeness (QED) is 0.0265. The molecule has 0 amide bonds. The lowest BCUT2D eigenvalue weighted by atomic mass is 9.33. The molecule has 107 heavy (non-hydrogen) atoms. The SMILES string of the molecule is CC(=O)O[C@H]1[C@@H](O)[C@@H](C)O[C@@H](OC(=O)[C@]23CCC(C)(C)C[C@H]2C2=CC[C@@H]4[C@@]5(C)CC[C@H](O[C@@H]6O[C@H](C(=O)O)[C@@H](O)[C@H](O[C@@H]7OC[C@@H](O)[C@H](O)[C@H]7O)[C@H]6O[C@@H]6O[C@H](CO)[C@H](O)[C@H](O)[C@H]6O)[C@@](C)(C=O)[C@@H]5CC[C@@]4(C)[C@]2(C)CC3)[C@@H]1O[C@@H]1O[C@@H](C)[C@H](O[C@@H]2OC[C@@H](O[C@@H]3OC[C@@H](O)[C@H](O)[C@H]3O)[C@H](O)[C@H]2O)[C@@H](O)[C@H]1O. The molecule has 0 aromatic heterocycles. The summed E-state index contributed by atoms with van der Waals surface area (Å²) < 4.78 is 89.9. The molecule has 41 atom stereocenters. The van der Waals surface area contributed by atoms with Crippen LogP contribution in [0.1, 0.15) is 127 Å². The Morgan fingerprint density at radius 2 is 1.06 bits per heavy atom. The first kappa shape index (κ1) is 83.1. The van der Waals surface area contributed by atoms with Crippen LogP contribution in [-0.2, 0) is 90.2 Å².